The molecule has 1 heterocycles. The monoisotopic (exact) mass is 349 g/mol. The first-order valence-electron chi connectivity index (χ1n) is 8.66. The van der Waals surface area contributed by atoms with Gasteiger partial charge in [-0.25, -0.2) is 0 Å². The molecule has 26 heavy (non-hydrogen) atoms. The first kappa shape index (κ1) is 17.7. The fourth-order valence-corrected chi connectivity index (χ4v) is 2.67. The molecule has 0 radical (unpaired) electrons. The average molecular weight is 349 g/mol. The molecule has 0 saturated heterocycles. The zero-order valence-electron chi connectivity index (χ0n) is 15.1. The van der Waals surface area contributed by atoms with Crippen molar-refractivity contribution in [3.8, 4) is 11.3 Å². The molecule has 5 nitrogen and oxygen atoms in total. The minimum Gasteiger partial charge on any atom is -0.378 e. The molecule has 0 saturated carbocycles. The van der Waals surface area contributed by atoms with Gasteiger partial charge >= 0.3 is 0 Å². The van der Waals surface area contributed by atoms with Gasteiger partial charge in [0.05, 0.1) is 12.1 Å². The number of anilines is 1. The van der Waals surface area contributed by atoms with E-state index in [1.165, 1.54) is 5.56 Å². The Labute approximate surface area is 153 Å². The second-order valence-electron chi connectivity index (χ2n) is 6.39. The van der Waals surface area contributed by atoms with Crippen molar-refractivity contribution < 1.29 is 9.32 Å². The molecule has 0 bridgehead atoms. The van der Waals surface area contributed by atoms with Crippen LogP contribution in [0.4, 0.5) is 5.69 Å². The minimum atomic E-state index is -0.0529. The van der Waals surface area contributed by atoms with E-state index in [9.17, 15) is 4.79 Å². The van der Waals surface area contributed by atoms with Crippen molar-refractivity contribution in [1.29, 1.82) is 0 Å². The number of carbonyl (C=O) groups excluding carboxylic acids is 1. The van der Waals surface area contributed by atoms with Gasteiger partial charge in [-0.15, -0.1) is 0 Å². The van der Waals surface area contributed by atoms with Crippen LogP contribution in [0.15, 0.2) is 65.2 Å². The standard InChI is InChI=1S/C21H23N3O2/c1-24(2)19-10-8-16(9-11-19)12-13-22-21(25)15-18-14-20(26-23-18)17-6-4-3-5-7-17/h3-11,14H,12-13,15H2,1-2H3,(H,22,25). The summed E-state index contributed by atoms with van der Waals surface area (Å²) in [4.78, 5) is 14.2. The number of aromatic nitrogens is 1. The van der Waals surface area contributed by atoms with Crippen LogP contribution in [-0.2, 0) is 17.6 Å². The van der Waals surface area contributed by atoms with Gasteiger partial charge in [-0.1, -0.05) is 47.6 Å². The maximum absolute atomic E-state index is 12.1. The van der Waals surface area contributed by atoms with Crippen LogP contribution in [0.5, 0.6) is 0 Å². The number of benzene rings is 2. The molecule has 0 atom stereocenters. The van der Waals surface area contributed by atoms with Crippen molar-refractivity contribution in [3.63, 3.8) is 0 Å². The highest BCUT2D eigenvalue weighted by Gasteiger charge is 2.10. The molecule has 0 aliphatic carbocycles. The lowest BCUT2D eigenvalue weighted by Gasteiger charge is -2.12. The van der Waals surface area contributed by atoms with Gasteiger partial charge in [0, 0.05) is 38.0 Å². The van der Waals surface area contributed by atoms with E-state index in [0.717, 1.165) is 17.7 Å². The highest BCUT2D eigenvalue weighted by Crippen LogP contribution is 2.19. The molecule has 3 rings (SSSR count). The van der Waals surface area contributed by atoms with Crippen molar-refractivity contribution in [1.82, 2.24) is 10.5 Å². The molecule has 0 unspecified atom stereocenters. The Bertz CT molecular complexity index is 839. The zero-order chi connectivity index (χ0) is 18.4. The molecule has 0 aliphatic rings. The van der Waals surface area contributed by atoms with Crippen LogP contribution in [-0.4, -0.2) is 31.7 Å². The third-order valence-electron chi connectivity index (χ3n) is 4.15. The van der Waals surface area contributed by atoms with E-state index >= 15 is 0 Å². The molecule has 0 spiro atoms. The van der Waals surface area contributed by atoms with E-state index < -0.39 is 0 Å². The Balaban J connectivity index is 1.46. The third-order valence-corrected chi connectivity index (χ3v) is 4.15. The fraction of sp³-hybridized carbons (Fsp3) is 0.238. The molecule has 0 fully saturated rings. The Morgan fingerprint density at radius 3 is 2.50 bits per heavy atom. The number of nitrogens with zero attached hydrogens (tertiary/aromatic N) is 2. The van der Waals surface area contributed by atoms with Crippen LogP contribution in [0.3, 0.4) is 0 Å². The van der Waals surface area contributed by atoms with Crippen molar-refractivity contribution in [3.05, 3.63) is 71.9 Å². The normalized spacial score (nSPS) is 10.5. The van der Waals surface area contributed by atoms with Crippen molar-refractivity contribution in [2.75, 3.05) is 25.5 Å². The van der Waals surface area contributed by atoms with Gasteiger partial charge < -0.3 is 14.7 Å². The SMILES string of the molecule is CN(C)c1ccc(CCNC(=O)Cc2cc(-c3ccccc3)on2)cc1. The third kappa shape index (κ3) is 4.72. The smallest absolute Gasteiger partial charge is 0.226 e. The lowest BCUT2D eigenvalue weighted by atomic mass is 10.1. The first-order valence-corrected chi connectivity index (χ1v) is 8.66. The fourth-order valence-electron chi connectivity index (χ4n) is 2.67. The van der Waals surface area contributed by atoms with E-state index in [-0.39, 0.29) is 12.3 Å². The zero-order valence-corrected chi connectivity index (χ0v) is 15.1. The molecular weight excluding hydrogens is 326 g/mol. The summed E-state index contributed by atoms with van der Waals surface area (Å²) in [5.41, 5.74) is 3.95. The van der Waals surface area contributed by atoms with Gasteiger partial charge in [0.2, 0.25) is 5.91 Å². The summed E-state index contributed by atoms with van der Waals surface area (Å²) in [5, 5.41) is 6.92. The van der Waals surface area contributed by atoms with Crippen LogP contribution in [0.25, 0.3) is 11.3 Å². The summed E-state index contributed by atoms with van der Waals surface area (Å²) in [6.45, 7) is 0.601. The summed E-state index contributed by atoms with van der Waals surface area (Å²) >= 11 is 0. The van der Waals surface area contributed by atoms with E-state index in [0.29, 0.717) is 18.0 Å². The summed E-state index contributed by atoms with van der Waals surface area (Å²) in [6.07, 6.45) is 1.02. The first-order chi connectivity index (χ1) is 12.6. The van der Waals surface area contributed by atoms with Gasteiger partial charge in [-0.2, -0.15) is 0 Å². The number of carbonyl (C=O) groups is 1. The summed E-state index contributed by atoms with van der Waals surface area (Å²) < 4.78 is 5.32. The van der Waals surface area contributed by atoms with Gasteiger partial charge in [0.1, 0.15) is 0 Å². The maximum Gasteiger partial charge on any atom is 0.226 e. The molecule has 1 N–H and O–H groups in total. The molecule has 3 aromatic rings. The van der Waals surface area contributed by atoms with E-state index in [2.05, 4.69) is 39.6 Å². The number of rotatable bonds is 7. The van der Waals surface area contributed by atoms with Crippen LogP contribution in [0, 0.1) is 0 Å². The van der Waals surface area contributed by atoms with E-state index in [4.69, 9.17) is 4.52 Å². The topological polar surface area (TPSA) is 58.4 Å². The lowest BCUT2D eigenvalue weighted by molar-refractivity contribution is -0.120. The van der Waals surface area contributed by atoms with Crippen molar-refractivity contribution >= 4 is 11.6 Å². The molecule has 0 aliphatic heterocycles. The summed E-state index contributed by atoms with van der Waals surface area (Å²) in [7, 11) is 4.03. The number of nitrogens with one attached hydrogen (secondary N) is 1. The van der Waals surface area contributed by atoms with Crippen LogP contribution < -0.4 is 10.2 Å². The minimum absolute atomic E-state index is 0.0529. The largest absolute Gasteiger partial charge is 0.378 e. The second kappa shape index (κ2) is 8.34. The predicted octanol–water partition coefficient (Wildman–Crippen LogP) is 3.31. The summed E-state index contributed by atoms with van der Waals surface area (Å²) in [5.74, 6) is 0.622. The maximum atomic E-state index is 12.1. The Hall–Kier alpha value is -3.08. The van der Waals surface area contributed by atoms with Gasteiger partial charge in [-0.3, -0.25) is 4.79 Å². The Morgan fingerprint density at radius 2 is 1.81 bits per heavy atom. The van der Waals surface area contributed by atoms with Crippen molar-refractivity contribution in [2.45, 2.75) is 12.8 Å². The van der Waals surface area contributed by atoms with Gasteiger partial charge in [-0.05, 0) is 24.1 Å². The van der Waals surface area contributed by atoms with Crippen LogP contribution in [0.2, 0.25) is 0 Å². The quantitative estimate of drug-likeness (QED) is 0.711. The average Bonchev–Trinajstić information content (AvgIpc) is 3.11. The van der Waals surface area contributed by atoms with Crippen LogP contribution in [0.1, 0.15) is 11.3 Å². The Kier molecular flexibility index (Phi) is 5.69. The highest BCUT2D eigenvalue weighted by molar-refractivity contribution is 5.78. The molecule has 134 valence electrons. The van der Waals surface area contributed by atoms with Gasteiger partial charge in [0.15, 0.2) is 5.76 Å². The van der Waals surface area contributed by atoms with E-state index in [1.807, 2.05) is 50.5 Å². The van der Waals surface area contributed by atoms with Gasteiger partial charge in [0.25, 0.3) is 0 Å². The van der Waals surface area contributed by atoms with Crippen LogP contribution >= 0.6 is 0 Å². The Morgan fingerprint density at radius 1 is 1.08 bits per heavy atom. The molecule has 5 heteroatoms. The second-order valence-corrected chi connectivity index (χ2v) is 6.39. The molecule has 1 aromatic heterocycles. The lowest BCUT2D eigenvalue weighted by Crippen LogP contribution is -2.27. The number of hydrogen-bond acceptors (Lipinski definition) is 4. The molecule has 2 aromatic carbocycles. The summed E-state index contributed by atoms with van der Waals surface area (Å²) in [6, 6.07) is 19.9. The molecule has 1 amide bonds. The van der Waals surface area contributed by atoms with E-state index in [1.54, 1.807) is 0 Å². The highest BCUT2D eigenvalue weighted by atomic mass is 16.5. The van der Waals surface area contributed by atoms with Crippen molar-refractivity contribution in [2.24, 2.45) is 0 Å². The predicted molar refractivity (Wildman–Crippen MR) is 103 cm³/mol. The molecular formula is C21H23N3O2. The number of hydrogen-bond donors (Lipinski definition) is 1. The number of amides is 1.